The van der Waals surface area contributed by atoms with Gasteiger partial charge in [-0.3, -0.25) is 0 Å². The molecule has 1 aromatic rings. The molecule has 0 aliphatic heterocycles. The van der Waals surface area contributed by atoms with Gasteiger partial charge in [-0.05, 0) is 45.2 Å². The first-order chi connectivity index (χ1) is 9.82. The Morgan fingerprint density at radius 3 is 2.19 bits per heavy atom. The molecule has 1 aliphatic carbocycles. The van der Waals surface area contributed by atoms with E-state index in [9.17, 15) is 8.78 Å². The van der Waals surface area contributed by atoms with Crippen LogP contribution in [0, 0.1) is 11.6 Å². The van der Waals surface area contributed by atoms with Crippen molar-refractivity contribution in [3.05, 3.63) is 35.4 Å². The first kappa shape index (κ1) is 16.4. The summed E-state index contributed by atoms with van der Waals surface area (Å²) in [6, 6.07) is 4.07. The summed E-state index contributed by atoms with van der Waals surface area (Å²) in [6.45, 7) is 7.12. The molecule has 1 saturated carbocycles. The van der Waals surface area contributed by atoms with Crippen LogP contribution in [0.4, 0.5) is 8.78 Å². The average Bonchev–Trinajstić information content (AvgIpc) is 2.62. The highest BCUT2D eigenvalue weighted by molar-refractivity contribution is 5.29. The standard InChI is InChI=1S/C18H27F2N/c1-17(2,3)21-13-18(10-6-4-5-7-11-18)15-9-8-14(19)12-16(15)20/h8-9,12,21H,4-7,10-11,13H2,1-3H3. The van der Waals surface area contributed by atoms with Crippen molar-refractivity contribution in [1.29, 1.82) is 0 Å². The largest absolute Gasteiger partial charge is 0.311 e. The molecule has 118 valence electrons. The third-order valence-corrected chi connectivity index (χ3v) is 4.52. The molecular formula is C18H27F2N. The number of rotatable bonds is 3. The number of hydrogen-bond acceptors (Lipinski definition) is 1. The van der Waals surface area contributed by atoms with Gasteiger partial charge < -0.3 is 5.32 Å². The molecule has 0 aromatic heterocycles. The Morgan fingerprint density at radius 1 is 1.05 bits per heavy atom. The molecule has 1 fully saturated rings. The molecule has 1 aromatic carbocycles. The Balaban J connectivity index is 2.34. The normalized spacial score (nSPS) is 19.3. The van der Waals surface area contributed by atoms with Crippen LogP contribution in [-0.2, 0) is 5.41 Å². The zero-order valence-electron chi connectivity index (χ0n) is 13.4. The SMILES string of the molecule is CC(C)(C)NCC1(c2ccc(F)cc2F)CCCCCC1. The second-order valence-electron chi connectivity index (χ2n) is 7.42. The van der Waals surface area contributed by atoms with Crippen molar-refractivity contribution in [3.8, 4) is 0 Å². The van der Waals surface area contributed by atoms with Crippen molar-refractivity contribution in [3.63, 3.8) is 0 Å². The highest BCUT2D eigenvalue weighted by Gasteiger charge is 2.35. The van der Waals surface area contributed by atoms with Crippen molar-refractivity contribution in [2.24, 2.45) is 0 Å². The van der Waals surface area contributed by atoms with Crippen LogP contribution < -0.4 is 5.32 Å². The Kier molecular flexibility index (Phi) is 5.03. The molecule has 21 heavy (non-hydrogen) atoms. The van der Waals surface area contributed by atoms with Crippen molar-refractivity contribution < 1.29 is 8.78 Å². The van der Waals surface area contributed by atoms with Gasteiger partial charge in [-0.1, -0.05) is 31.7 Å². The summed E-state index contributed by atoms with van der Waals surface area (Å²) >= 11 is 0. The first-order valence-corrected chi connectivity index (χ1v) is 8.03. The van der Waals surface area contributed by atoms with Crippen molar-refractivity contribution in [2.45, 2.75) is 70.3 Å². The predicted octanol–water partition coefficient (Wildman–Crippen LogP) is 4.94. The molecule has 2 rings (SSSR count). The third kappa shape index (κ3) is 4.26. The highest BCUT2D eigenvalue weighted by atomic mass is 19.1. The maximum atomic E-state index is 14.4. The van der Waals surface area contributed by atoms with Crippen LogP contribution in [0.2, 0.25) is 0 Å². The zero-order valence-corrected chi connectivity index (χ0v) is 13.4. The van der Waals surface area contributed by atoms with E-state index in [4.69, 9.17) is 0 Å². The number of hydrogen-bond donors (Lipinski definition) is 1. The minimum Gasteiger partial charge on any atom is -0.311 e. The minimum absolute atomic E-state index is 0.00416. The summed E-state index contributed by atoms with van der Waals surface area (Å²) in [6.07, 6.45) is 6.59. The molecule has 0 saturated heterocycles. The summed E-state index contributed by atoms with van der Waals surface area (Å²) in [7, 11) is 0. The van der Waals surface area contributed by atoms with Gasteiger partial charge in [0.2, 0.25) is 0 Å². The second kappa shape index (κ2) is 6.43. The number of halogens is 2. The first-order valence-electron chi connectivity index (χ1n) is 8.03. The van der Waals surface area contributed by atoms with Crippen LogP contribution in [0.15, 0.2) is 18.2 Å². The highest BCUT2D eigenvalue weighted by Crippen LogP contribution is 2.39. The van der Waals surface area contributed by atoms with Gasteiger partial charge in [-0.25, -0.2) is 8.78 Å². The van der Waals surface area contributed by atoms with Crippen molar-refractivity contribution >= 4 is 0 Å². The van der Waals surface area contributed by atoms with Crippen LogP contribution in [0.5, 0.6) is 0 Å². The summed E-state index contributed by atoms with van der Waals surface area (Å²) < 4.78 is 27.6. The summed E-state index contributed by atoms with van der Waals surface area (Å²) in [5.74, 6) is -0.892. The van der Waals surface area contributed by atoms with Gasteiger partial charge in [-0.2, -0.15) is 0 Å². The molecule has 0 heterocycles. The molecule has 1 N–H and O–H groups in total. The van der Waals surface area contributed by atoms with E-state index in [-0.39, 0.29) is 11.0 Å². The van der Waals surface area contributed by atoms with E-state index in [2.05, 4.69) is 26.1 Å². The molecule has 0 radical (unpaired) electrons. The number of nitrogens with one attached hydrogen (secondary N) is 1. The summed E-state index contributed by atoms with van der Waals surface area (Å²) in [5.41, 5.74) is 0.472. The van der Waals surface area contributed by atoms with Gasteiger partial charge in [-0.15, -0.1) is 0 Å². The Hall–Kier alpha value is -0.960. The van der Waals surface area contributed by atoms with Crippen molar-refractivity contribution in [1.82, 2.24) is 5.32 Å². The maximum absolute atomic E-state index is 14.4. The number of benzene rings is 1. The van der Waals surface area contributed by atoms with E-state index in [1.165, 1.54) is 18.9 Å². The topological polar surface area (TPSA) is 12.0 Å². The molecule has 0 spiro atoms. The van der Waals surface area contributed by atoms with E-state index in [0.29, 0.717) is 5.56 Å². The lowest BCUT2D eigenvalue weighted by Gasteiger charge is -2.37. The lowest BCUT2D eigenvalue weighted by Crippen LogP contribution is -2.46. The van der Waals surface area contributed by atoms with Gasteiger partial charge in [0.1, 0.15) is 11.6 Å². The van der Waals surface area contributed by atoms with Crippen LogP contribution >= 0.6 is 0 Å². The minimum atomic E-state index is -0.496. The lowest BCUT2D eigenvalue weighted by molar-refractivity contribution is 0.292. The molecule has 1 nitrogen and oxygen atoms in total. The van der Waals surface area contributed by atoms with E-state index >= 15 is 0 Å². The van der Waals surface area contributed by atoms with Gasteiger partial charge >= 0.3 is 0 Å². The maximum Gasteiger partial charge on any atom is 0.129 e. The van der Waals surface area contributed by atoms with Gasteiger partial charge in [0.05, 0.1) is 0 Å². The molecule has 0 amide bonds. The Morgan fingerprint density at radius 2 is 1.67 bits per heavy atom. The molecule has 3 heteroatoms. The lowest BCUT2D eigenvalue weighted by atomic mass is 9.73. The molecule has 0 bridgehead atoms. The fourth-order valence-corrected chi connectivity index (χ4v) is 3.30. The van der Waals surface area contributed by atoms with Gasteiger partial charge in [0.15, 0.2) is 0 Å². The predicted molar refractivity (Wildman–Crippen MR) is 83.5 cm³/mol. The van der Waals surface area contributed by atoms with E-state index < -0.39 is 11.6 Å². The fraction of sp³-hybridized carbons (Fsp3) is 0.667. The van der Waals surface area contributed by atoms with Crippen LogP contribution in [-0.4, -0.2) is 12.1 Å². The van der Waals surface area contributed by atoms with E-state index in [1.54, 1.807) is 6.07 Å². The van der Waals surface area contributed by atoms with E-state index in [0.717, 1.165) is 38.3 Å². The second-order valence-corrected chi connectivity index (χ2v) is 7.42. The van der Waals surface area contributed by atoms with Crippen LogP contribution in [0.1, 0.15) is 64.9 Å². The van der Waals surface area contributed by atoms with Gasteiger partial charge in [0.25, 0.3) is 0 Å². The fourth-order valence-electron chi connectivity index (χ4n) is 3.30. The van der Waals surface area contributed by atoms with Crippen LogP contribution in [0.25, 0.3) is 0 Å². The quantitative estimate of drug-likeness (QED) is 0.778. The van der Waals surface area contributed by atoms with Gasteiger partial charge in [0, 0.05) is 23.6 Å². The smallest absolute Gasteiger partial charge is 0.129 e. The zero-order chi connectivity index (χ0) is 15.5. The third-order valence-electron chi connectivity index (χ3n) is 4.52. The Bertz CT molecular complexity index is 469. The summed E-state index contributed by atoms with van der Waals surface area (Å²) in [5, 5.41) is 3.54. The van der Waals surface area contributed by atoms with E-state index in [1.807, 2.05) is 0 Å². The monoisotopic (exact) mass is 295 g/mol. The van der Waals surface area contributed by atoms with Crippen molar-refractivity contribution in [2.75, 3.05) is 6.54 Å². The average molecular weight is 295 g/mol. The molecule has 0 unspecified atom stereocenters. The molecular weight excluding hydrogens is 268 g/mol. The van der Waals surface area contributed by atoms with Crippen LogP contribution in [0.3, 0.4) is 0 Å². The molecule has 1 aliphatic rings. The Labute approximate surface area is 127 Å². The summed E-state index contributed by atoms with van der Waals surface area (Å²) in [4.78, 5) is 0. The molecule has 0 atom stereocenters.